The summed E-state index contributed by atoms with van der Waals surface area (Å²) in [5, 5.41) is 46.9. The summed E-state index contributed by atoms with van der Waals surface area (Å²) in [6.45, 7) is 3.22. The molecule has 4 saturated carbocycles. The van der Waals surface area contributed by atoms with E-state index in [1.165, 1.54) is 0 Å². The first-order chi connectivity index (χ1) is 15.0. The number of halogens is 1. The van der Waals surface area contributed by atoms with Crippen molar-refractivity contribution in [2.24, 2.45) is 34.5 Å². The molecule has 0 bridgehead atoms. The van der Waals surface area contributed by atoms with Crippen molar-refractivity contribution < 1.29 is 35.1 Å². The van der Waals surface area contributed by atoms with Gasteiger partial charge in [0.2, 0.25) is 0 Å². The Balaban J connectivity index is 0.000000427. The topological polar surface area (TPSA) is 135 Å². The molecular weight excluding hydrogens is 436 g/mol. The number of hydrogen-bond acceptors (Lipinski definition) is 7. The van der Waals surface area contributed by atoms with Crippen LogP contribution in [0.1, 0.15) is 65.2 Å². The molecule has 0 amide bonds. The molecule has 0 radical (unpaired) electrons. The number of aliphatic hydroxyl groups excluding tert-OH is 4. The van der Waals surface area contributed by atoms with E-state index < -0.39 is 29.5 Å². The smallest absolute Gasteiger partial charge is 0.190 e. The molecule has 0 aromatic rings. The van der Waals surface area contributed by atoms with Crippen molar-refractivity contribution in [1.82, 2.24) is 0 Å². The van der Waals surface area contributed by atoms with Gasteiger partial charge >= 0.3 is 0 Å². The van der Waals surface area contributed by atoms with Crippen molar-refractivity contribution in [2.45, 2.75) is 83.0 Å². The number of Topliss-reactive ketones (excluding diaryl/α,β-unsaturated/α-hetero) is 2. The predicted molar refractivity (Wildman–Crippen MR) is 119 cm³/mol. The molecule has 0 aromatic heterocycles. The number of carbonyl (C=O) groups is 2. The van der Waals surface area contributed by atoms with Gasteiger partial charge in [-0.25, -0.2) is 0 Å². The fourth-order valence-corrected chi connectivity index (χ4v) is 7.79. The lowest BCUT2D eigenvalue weighted by molar-refractivity contribution is -0.180. The zero-order valence-electron chi connectivity index (χ0n) is 19.2. The van der Waals surface area contributed by atoms with E-state index in [-0.39, 0.29) is 54.0 Å². The van der Waals surface area contributed by atoms with Gasteiger partial charge in [-0.2, -0.15) is 0 Å². The van der Waals surface area contributed by atoms with Crippen LogP contribution >= 0.6 is 11.6 Å². The number of carbonyl (C=O) groups excluding carboxylic acids is 2. The van der Waals surface area contributed by atoms with Crippen LogP contribution in [0.2, 0.25) is 0 Å². The quantitative estimate of drug-likeness (QED) is 0.389. The minimum atomic E-state index is -1.58. The number of aliphatic hydroxyl groups is 5. The van der Waals surface area contributed by atoms with E-state index in [4.69, 9.17) is 21.8 Å². The van der Waals surface area contributed by atoms with Crippen LogP contribution in [0.25, 0.3) is 0 Å². The zero-order valence-corrected chi connectivity index (χ0v) is 19.9. The Kier molecular flexibility index (Phi) is 7.80. The highest BCUT2D eigenvalue weighted by molar-refractivity contribution is 6.18. The molecule has 0 aliphatic heterocycles. The van der Waals surface area contributed by atoms with Crippen LogP contribution in [0.15, 0.2) is 0 Å². The van der Waals surface area contributed by atoms with E-state index in [1.54, 1.807) is 0 Å². The molecule has 4 rings (SSSR count). The second-order valence-corrected chi connectivity index (χ2v) is 11.3. The third kappa shape index (κ3) is 4.07. The van der Waals surface area contributed by atoms with Crippen molar-refractivity contribution in [3.8, 4) is 0 Å². The molecule has 7 nitrogen and oxygen atoms in total. The van der Waals surface area contributed by atoms with Crippen LogP contribution in [0.3, 0.4) is 0 Å². The molecule has 4 fully saturated rings. The summed E-state index contributed by atoms with van der Waals surface area (Å²) < 4.78 is 0. The second kappa shape index (κ2) is 9.59. The van der Waals surface area contributed by atoms with Gasteiger partial charge in [0.1, 0.15) is 18.0 Å². The number of alkyl halides is 1. The van der Waals surface area contributed by atoms with Crippen LogP contribution in [0.4, 0.5) is 0 Å². The first-order valence-electron chi connectivity index (χ1n) is 11.9. The van der Waals surface area contributed by atoms with Crippen LogP contribution in [-0.2, 0) is 9.59 Å². The molecule has 184 valence electrons. The summed E-state index contributed by atoms with van der Waals surface area (Å²) in [6.07, 6.45) is 4.73. The van der Waals surface area contributed by atoms with Crippen molar-refractivity contribution in [2.75, 3.05) is 19.1 Å². The monoisotopic (exact) mass is 474 g/mol. The van der Waals surface area contributed by atoms with Crippen molar-refractivity contribution in [3.63, 3.8) is 0 Å². The van der Waals surface area contributed by atoms with E-state index >= 15 is 0 Å². The molecule has 0 saturated heterocycles. The van der Waals surface area contributed by atoms with Gasteiger partial charge in [0.15, 0.2) is 5.78 Å². The average Bonchev–Trinajstić information content (AvgIpc) is 3.04. The van der Waals surface area contributed by atoms with Crippen LogP contribution in [0.5, 0.6) is 0 Å². The molecule has 5 N–H and O–H groups in total. The van der Waals surface area contributed by atoms with E-state index in [2.05, 4.69) is 6.92 Å². The number of hydrogen-bond donors (Lipinski definition) is 5. The zero-order chi connectivity index (χ0) is 23.9. The van der Waals surface area contributed by atoms with Gasteiger partial charge < -0.3 is 25.5 Å². The molecule has 0 aromatic carbocycles. The third-order valence-corrected chi connectivity index (χ3v) is 9.83. The molecule has 0 spiro atoms. The van der Waals surface area contributed by atoms with E-state index in [1.807, 2.05) is 6.92 Å². The molecule has 1 unspecified atom stereocenters. The highest BCUT2D eigenvalue weighted by Crippen LogP contribution is 2.67. The molecule has 9 atom stereocenters. The Morgan fingerprint density at radius 1 is 1.16 bits per heavy atom. The fourth-order valence-electron chi connectivity index (χ4n) is 7.69. The highest BCUT2D eigenvalue weighted by atomic mass is 35.5. The lowest BCUT2D eigenvalue weighted by Gasteiger charge is -2.60. The normalized spacial score (nSPS) is 46.2. The molecule has 32 heavy (non-hydrogen) atoms. The van der Waals surface area contributed by atoms with Gasteiger partial charge in [-0.15, -0.1) is 11.6 Å². The average molecular weight is 475 g/mol. The summed E-state index contributed by atoms with van der Waals surface area (Å²) in [7, 11) is 0. The Hall–Kier alpha value is -0.570. The van der Waals surface area contributed by atoms with Crippen molar-refractivity contribution >= 4 is 23.2 Å². The van der Waals surface area contributed by atoms with Gasteiger partial charge in [-0.1, -0.05) is 13.8 Å². The summed E-state index contributed by atoms with van der Waals surface area (Å²) in [4.78, 5) is 25.7. The molecular formula is C24H39ClO7. The maximum Gasteiger partial charge on any atom is 0.190 e. The summed E-state index contributed by atoms with van der Waals surface area (Å²) in [5.74, 6) is 0.487. The van der Waals surface area contributed by atoms with Gasteiger partial charge in [0.25, 0.3) is 0 Å². The number of fused-ring (bicyclic) bond motifs is 5. The van der Waals surface area contributed by atoms with Crippen molar-refractivity contribution in [3.05, 3.63) is 0 Å². The van der Waals surface area contributed by atoms with Crippen LogP contribution < -0.4 is 0 Å². The second-order valence-electron chi connectivity index (χ2n) is 11.0. The van der Waals surface area contributed by atoms with Gasteiger partial charge in [0, 0.05) is 17.8 Å². The maximum atomic E-state index is 13.4. The first kappa shape index (κ1) is 26.0. The van der Waals surface area contributed by atoms with E-state index in [9.17, 15) is 24.9 Å². The van der Waals surface area contributed by atoms with Crippen LogP contribution in [-0.4, -0.2) is 74.0 Å². The molecule has 4 aliphatic rings. The maximum absolute atomic E-state index is 13.4. The molecule has 4 aliphatic carbocycles. The Morgan fingerprint density at radius 3 is 2.41 bits per heavy atom. The first-order valence-corrected chi connectivity index (χ1v) is 12.4. The number of rotatable bonds is 4. The highest BCUT2D eigenvalue weighted by Gasteiger charge is 2.68. The van der Waals surface area contributed by atoms with Gasteiger partial charge in [-0.05, 0) is 68.1 Å². The lowest BCUT2D eigenvalue weighted by Crippen LogP contribution is -2.62. The standard InChI is InChI=1S/C21H32O5.C3H7ClO2/c1-19-7-5-13(23)9-12(19)3-4-14-15-6-8-21(26,17(25)11-22)20(15,2)10-16(24)18(14)19;4-1-3(6)2-5/h12-15,18,22-23,26H,3-11H2,1-2H3;3,5-6H,1-2H2/t12-,13-,14+,15+,18-,19+,20+,21+;/m1./s1. The van der Waals surface area contributed by atoms with Gasteiger partial charge in [-0.3, -0.25) is 9.59 Å². The Morgan fingerprint density at radius 2 is 1.84 bits per heavy atom. The Labute approximate surface area is 195 Å². The minimum Gasteiger partial charge on any atom is -0.394 e. The minimum absolute atomic E-state index is 0.0154. The SMILES string of the molecule is C[C@]12CC[C@@H](O)C[C@H]1CC[C@@H]1[C@@H]2C(=O)C[C@@]2(C)[C@H]1CC[C@]2(O)C(=O)CO.OCC(O)CCl. The molecule has 0 heterocycles. The third-order valence-electron chi connectivity index (χ3n) is 9.47. The largest absolute Gasteiger partial charge is 0.394 e. The van der Waals surface area contributed by atoms with Crippen molar-refractivity contribution in [1.29, 1.82) is 0 Å². The summed E-state index contributed by atoms with van der Waals surface area (Å²) in [6, 6.07) is 0. The summed E-state index contributed by atoms with van der Waals surface area (Å²) in [5.41, 5.74) is -2.40. The van der Waals surface area contributed by atoms with Gasteiger partial charge in [0.05, 0.1) is 24.7 Å². The number of ketones is 2. The summed E-state index contributed by atoms with van der Waals surface area (Å²) >= 11 is 5.04. The predicted octanol–water partition coefficient (Wildman–Crippen LogP) is 1.44. The van der Waals surface area contributed by atoms with Crippen LogP contribution in [0, 0.1) is 34.5 Å². The molecule has 8 heteroatoms. The Bertz CT molecular complexity index is 712. The fraction of sp³-hybridized carbons (Fsp3) is 0.917. The lowest BCUT2D eigenvalue weighted by atomic mass is 9.44. The van der Waals surface area contributed by atoms with E-state index in [0.29, 0.717) is 12.3 Å². The van der Waals surface area contributed by atoms with E-state index in [0.717, 1.165) is 38.5 Å².